The highest BCUT2D eigenvalue weighted by Gasteiger charge is 2.22. The summed E-state index contributed by atoms with van der Waals surface area (Å²) >= 11 is 12.4. The quantitative estimate of drug-likeness (QED) is 0.462. The van der Waals surface area contributed by atoms with Crippen LogP contribution in [0, 0.1) is 3.70 Å². The maximum Gasteiger partial charge on any atom is 0.271 e. The minimum atomic E-state index is -2.87. The topological polar surface area (TPSA) is 30.0 Å². The van der Waals surface area contributed by atoms with Crippen LogP contribution in [0.4, 0.5) is 8.78 Å². The number of rotatable bonds is 2. The number of hydrogen-bond acceptors (Lipinski definition) is 2. The molecule has 0 aliphatic carbocycles. The van der Waals surface area contributed by atoms with Gasteiger partial charge in [-0.15, -0.1) is 0 Å². The molecule has 1 aromatic heterocycles. The van der Waals surface area contributed by atoms with Crippen molar-refractivity contribution in [3.05, 3.63) is 26.0 Å². The van der Waals surface area contributed by atoms with Gasteiger partial charge in [-0.1, -0.05) is 11.6 Å². The van der Waals surface area contributed by atoms with E-state index in [0.717, 1.165) is 0 Å². The lowest BCUT2D eigenvalue weighted by atomic mass is 10.2. The van der Waals surface area contributed by atoms with E-state index in [2.05, 4.69) is 4.98 Å². The maximum atomic E-state index is 12.4. The van der Waals surface area contributed by atoms with Crippen LogP contribution in [0.3, 0.4) is 0 Å². The van der Waals surface area contributed by atoms with E-state index in [-0.39, 0.29) is 5.02 Å². The first-order chi connectivity index (χ1) is 6.43. The van der Waals surface area contributed by atoms with Crippen molar-refractivity contribution in [2.75, 3.05) is 0 Å². The molecule has 0 fully saturated rings. The van der Waals surface area contributed by atoms with Crippen LogP contribution in [0.2, 0.25) is 5.02 Å². The van der Waals surface area contributed by atoms with E-state index < -0.39 is 22.9 Å². The Balaban J connectivity index is 3.44. The van der Waals surface area contributed by atoms with Gasteiger partial charge in [0.15, 0.2) is 0 Å². The molecule has 0 bridgehead atoms. The minimum absolute atomic E-state index is 0.205. The van der Waals surface area contributed by atoms with E-state index in [1.54, 1.807) is 22.6 Å². The SMILES string of the molecule is O=C(Cl)c1nc(I)cc(Cl)c1C(F)F. The smallest absolute Gasteiger partial charge is 0.271 e. The second kappa shape index (κ2) is 4.67. The van der Waals surface area contributed by atoms with Gasteiger partial charge >= 0.3 is 0 Å². The van der Waals surface area contributed by atoms with Crippen molar-refractivity contribution in [3.8, 4) is 0 Å². The number of pyridine rings is 1. The van der Waals surface area contributed by atoms with Crippen molar-refractivity contribution in [1.82, 2.24) is 4.98 Å². The molecule has 1 heterocycles. The Morgan fingerprint density at radius 2 is 2.14 bits per heavy atom. The van der Waals surface area contributed by atoms with Gasteiger partial charge in [0.2, 0.25) is 0 Å². The molecular formula is C7H2Cl2F2INO. The maximum absolute atomic E-state index is 12.4. The molecule has 0 amide bonds. The van der Waals surface area contributed by atoms with Gasteiger partial charge in [-0.25, -0.2) is 13.8 Å². The van der Waals surface area contributed by atoms with Crippen molar-refractivity contribution in [1.29, 1.82) is 0 Å². The lowest BCUT2D eigenvalue weighted by Crippen LogP contribution is -2.04. The van der Waals surface area contributed by atoms with Crippen LogP contribution in [0.5, 0.6) is 0 Å². The largest absolute Gasteiger partial charge is 0.274 e. The molecule has 0 atom stereocenters. The Morgan fingerprint density at radius 1 is 1.57 bits per heavy atom. The summed E-state index contributed by atoms with van der Waals surface area (Å²) in [6.07, 6.45) is -2.87. The molecule has 7 heteroatoms. The Labute approximate surface area is 102 Å². The third kappa shape index (κ3) is 2.52. The summed E-state index contributed by atoms with van der Waals surface area (Å²) in [5, 5.41) is -1.25. The highest BCUT2D eigenvalue weighted by molar-refractivity contribution is 14.1. The molecule has 14 heavy (non-hydrogen) atoms. The van der Waals surface area contributed by atoms with Gasteiger partial charge in [0, 0.05) is 0 Å². The summed E-state index contributed by atoms with van der Waals surface area (Å²) < 4.78 is 25.2. The zero-order valence-electron chi connectivity index (χ0n) is 6.40. The van der Waals surface area contributed by atoms with E-state index in [0.29, 0.717) is 3.70 Å². The molecule has 1 aromatic rings. The molecule has 76 valence electrons. The van der Waals surface area contributed by atoms with Crippen LogP contribution in [-0.2, 0) is 0 Å². The van der Waals surface area contributed by atoms with Gasteiger partial charge in [-0.05, 0) is 40.3 Å². The molecule has 0 radical (unpaired) electrons. The standard InChI is InChI=1S/C7H2Cl2F2INO/c8-2-1-3(12)13-5(6(9)14)4(2)7(10)11/h1,7H. The van der Waals surface area contributed by atoms with Crippen LogP contribution in [0.25, 0.3) is 0 Å². The third-order valence-corrected chi connectivity index (χ3v) is 2.43. The first-order valence-corrected chi connectivity index (χ1v) is 5.11. The van der Waals surface area contributed by atoms with Crippen LogP contribution in [0.15, 0.2) is 6.07 Å². The molecule has 2 nitrogen and oxygen atoms in total. The van der Waals surface area contributed by atoms with Crippen molar-refractivity contribution >= 4 is 51.0 Å². The molecule has 0 aromatic carbocycles. The molecular weight excluding hydrogens is 350 g/mol. The second-order valence-corrected chi connectivity index (χ2v) is 4.12. The number of alkyl halides is 2. The van der Waals surface area contributed by atoms with E-state index >= 15 is 0 Å². The average Bonchev–Trinajstić information content (AvgIpc) is 2.01. The monoisotopic (exact) mass is 351 g/mol. The summed E-state index contributed by atoms with van der Waals surface area (Å²) in [4.78, 5) is 14.4. The minimum Gasteiger partial charge on any atom is -0.274 e. The van der Waals surface area contributed by atoms with E-state index in [1.807, 2.05) is 0 Å². The number of carbonyl (C=O) groups excluding carboxylic acids is 1. The predicted molar refractivity (Wildman–Crippen MR) is 57.1 cm³/mol. The lowest BCUT2D eigenvalue weighted by Gasteiger charge is -2.06. The fourth-order valence-electron chi connectivity index (χ4n) is 0.852. The average molecular weight is 352 g/mol. The van der Waals surface area contributed by atoms with Crippen molar-refractivity contribution in [3.63, 3.8) is 0 Å². The number of carbonyl (C=O) groups is 1. The van der Waals surface area contributed by atoms with E-state index in [1.165, 1.54) is 6.07 Å². The van der Waals surface area contributed by atoms with E-state index in [9.17, 15) is 13.6 Å². The fraction of sp³-hybridized carbons (Fsp3) is 0.143. The summed E-state index contributed by atoms with van der Waals surface area (Å²) in [5.41, 5.74) is -1.11. The van der Waals surface area contributed by atoms with Gasteiger partial charge in [-0.2, -0.15) is 0 Å². The molecule has 0 aliphatic heterocycles. The molecule has 0 spiro atoms. The highest BCUT2D eigenvalue weighted by Crippen LogP contribution is 2.31. The summed E-state index contributed by atoms with van der Waals surface area (Å²) in [6, 6.07) is 1.24. The normalized spacial score (nSPS) is 10.7. The number of nitrogens with zero attached hydrogens (tertiary/aromatic N) is 1. The molecule has 1 rings (SSSR count). The molecule has 0 N–H and O–H groups in total. The van der Waals surface area contributed by atoms with Gasteiger partial charge < -0.3 is 0 Å². The van der Waals surface area contributed by atoms with Gasteiger partial charge in [0.25, 0.3) is 11.7 Å². The van der Waals surface area contributed by atoms with Crippen LogP contribution in [0.1, 0.15) is 22.5 Å². The number of halogens is 5. The highest BCUT2D eigenvalue weighted by atomic mass is 127. The Morgan fingerprint density at radius 3 is 2.57 bits per heavy atom. The summed E-state index contributed by atoms with van der Waals surface area (Å²) in [6.45, 7) is 0. The number of hydrogen-bond donors (Lipinski definition) is 0. The second-order valence-electron chi connectivity index (χ2n) is 2.26. The Bertz CT molecular complexity index is 386. The molecule has 0 saturated carbocycles. The van der Waals surface area contributed by atoms with Gasteiger partial charge in [-0.3, -0.25) is 4.79 Å². The van der Waals surface area contributed by atoms with E-state index in [4.69, 9.17) is 23.2 Å². The van der Waals surface area contributed by atoms with Crippen molar-refractivity contribution in [2.24, 2.45) is 0 Å². The zero-order chi connectivity index (χ0) is 10.9. The first kappa shape index (κ1) is 12.1. The lowest BCUT2D eigenvalue weighted by molar-refractivity contribution is 0.106. The molecule has 0 aliphatic rings. The predicted octanol–water partition coefficient (Wildman–Crippen LogP) is 3.66. The van der Waals surface area contributed by atoms with Gasteiger partial charge in [0.05, 0.1) is 10.6 Å². The fourth-order valence-corrected chi connectivity index (χ4v) is 2.01. The number of aromatic nitrogens is 1. The Kier molecular flexibility index (Phi) is 4.03. The van der Waals surface area contributed by atoms with Gasteiger partial charge in [0.1, 0.15) is 9.39 Å². The van der Waals surface area contributed by atoms with Crippen LogP contribution >= 0.6 is 45.8 Å². The Hall–Kier alpha value is -0.0100. The van der Waals surface area contributed by atoms with Crippen LogP contribution in [-0.4, -0.2) is 10.2 Å². The molecule has 0 unspecified atom stereocenters. The zero-order valence-corrected chi connectivity index (χ0v) is 10.1. The molecule has 0 saturated heterocycles. The van der Waals surface area contributed by atoms with Crippen molar-refractivity contribution < 1.29 is 13.6 Å². The first-order valence-electron chi connectivity index (χ1n) is 3.27. The van der Waals surface area contributed by atoms with Crippen molar-refractivity contribution in [2.45, 2.75) is 6.43 Å². The third-order valence-electron chi connectivity index (χ3n) is 1.38. The summed E-state index contributed by atoms with van der Waals surface area (Å²) in [5.74, 6) is 0. The van der Waals surface area contributed by atoms with Crippen LogP contribution < -0.4 is 0 Å². The summed E-state index contributed by atoms with van der Waals surface area (Å²) in [7, 11) is 0.